The Balaban J connectivity index is 2.31. The van der Waals surface area contributed by atoms with E-state index in [1.165, 1.54) is 18.2 Å². The number of aryl methyl sites for hydroxylation is 1. The van der Waals surface area contributed by atoms with Gasteiger partial charge in [0.05, 0.1) is 5.56 Å². The summed E-state index contributed by atoms with van der Waals surface area (Å²) in [4.78, 5) is 12.0. The summed E-state index contributed by atoms with van der Waals surface area (Å²) in [5.74, 6) is -1.10. The fourth-order valence-corrected chi connectivity index (χ4v) is 1.92. The van der Waals surface area contributed by atoms with Crippen LogP contribution in [0.25, 0.3) is 0 Å². The predicted octanol–water partition coefficient (Wildman–Crippen LogP) is 4.35. The maximum Gasteiger partial charge on any atom is 0.258 e. The van der Waals surface area contributed by atoms with Crippen LogP contribution in [0, 0.1) is 19.7 Å². The topological polar surface area (TPSA) is 29.1 Å². The molecule has 2 rings (SSSR count). The molecule has 0 radical (unpaired) electrons. The number of carbonyl (C=O) groups excluding carboxylic acids is 1. The first-order valence-electron chi connectivity index (χ1n) is 5.81. The molecule has 0 saturated heterocycles. The maximum absolute atomic E-state index is 13.6. The first kappa shape index (κ1) is 13.6. The number of hydrogen-bond acceptors (Lipinski definition) is 1. The summed E-state index contributed by atoms with van der Waals surface area (Å²) in [5, 5.41) is 3.02. The molecule has 0 unspecified atom stereocenters. The van der Waals surface area contributed by atoms with E-state index in [0.717, 1.165) is 11.1 Å². The van der Waals surface area contributed by atoms with E-state index in [4.69, 9.17) is 11.6 Å². The average molecular weight is 278 g/mol. The Morgan fingerprint density at radius 2 is 1.95 bits per heavy atom. The Morgan fingerprint density at radius 3 is 2.68 bits per heavy atom. The molecule has 0 aromatic heterocycles. The van der Waals surface area contributed by atoms with Gasteiger partial charge >= 0.3 is 0 Å². The van der Waals surface area contributed by atoms with Crippen molar-refractivity contribution in [1.29, 1.82) is 0 Å². The standard InChI is InChI=1S/C15H13ClFNO/c1-9-4-3-5-14(10(9)2)18-15(19)12-8-11(16)6-7-13(12)17/h3-8H,1-2H3,(H,18,19). The number of amides is 1. The smallest absolute Gasteiger partial charge is 0.258 e. The Kier molecular flexibility index (Phi) is 3.86. The van der Waals surface area contributed by atoms with Gasteiger partial charge in [-0.15, -0.1) is 0 Å². The van der Waals surface area contributed by atoms with Crippen LogP contribution in [0.4, 0.5) is 10.1 Å². The summed E-state index contributed by atoms with van der Waals surface area (Å²) < 4.78 is 13.6. The van der Waals surface area contributed by atoms with E-state index in [-0.39, 0.29) is 5.56 Å². The Labute approximate surface area is 116 Å². The second kappa shape index (κ2) is 5.41. The number of carbonyl (C=O) groups is 1. The summed E-state index contributed by atoms with van der Waals surface area (Å²) in [7, 11) is 0. The third kappa shape index (κ3) is 2.93. The molecule has 0 spiro atoms. The second-order valence-corrected chi connectivity index (χ2v) is 4.76. The second-order valence-electron chi connectivity index (χ2n) is 4.33. The van der Waals surface area contributed by atoms with Crippen molar-refractivity contribution in [3.63, 3.8) is 0 Å². The van der Waals surface area contributed by atoms with Gasteiger partial charge in [0.15, 0.2) is 0 Å². The lowest BCUT2D eigenvalue weighted by molar-refractivity contribution is 0.102. The lowest BCUT2D eigenvalue weighted by Crippen LogP contribution is -2.14. The minimum absolute atomic E-state index is 0.0617. The SMILES string of the molecule is Cc1cccc(NC(=O)c2cc(Cl)ccc2F)c1C. The van der Waals surface area contributed by atoms with E-state index < -0.39 is 11.7 Å². The molecule has 1 amide bonds. The van der Waals surface area contributed by atoms with Gasteiger partial charge in [-0.25, -0.2) is 4.39 Å². The number of anilines is 1. The van der Waals surface area contributed by atoms with E-state index in [9.17, 15) is 9.18 Å². The highest BCUT2D eigenvalue weighted by molar-refractivity contribution is 6.31. The van der Waals surface area contributed by atoms with Crippen molar-refractivity contribution in [3.8, 4) is 0 Å². The van der Waals surface area contributed by atoms with Crippen LogP contribution < -0.4 is 5.32 Å². The van der Waals surface area contributed by atoms with Crippen molar-refractivity contribution in [1.82, 2.24) is 0 Å². The van der Waals surface area contributed by atoms with Crippen LogP contribution >= 0.6 is 11.6 Å². The molecule has 4 heteroatoms. The van der Waals surface area contributed by atoms with Gasteiger partial charge in [0.25, 0.3) is 5.91 Å². The molecule has 0 aliphatic carbocycles. The summed E-state index contributed by atoms with van der Waals surface area (Å²) in [6.45, 7) is 3.85. The van der Waals surface area contributed by atoms with Crippen molar-refractivity contribution in [2.75, 3.05) is 5.32 Å². The van der Waals surface area contributed by atoms with Gasteiger partial charge in [-0.05, 0) is 49.2 Å². The van der Waals surface area contributed by atoms with Crippen LogP contribution in [0.3, 0.4) is 0 Å². The summed E-state index contributed by atoms with van der Waals surface area (Å²) in [6.07, 6.45) is 0. The van der Waals surface area contributed by atoms with Gasteiger partial charge in [-0.3, -0.25) is 4.79 Å². The Bertz CT molecular complexity index is 640. The van der Waals surface area contributed by atoms with E-state index >= 15 is 0 Å². The number of benzene rings is 2. The fourth-order valence-electron chi connectivity index (χ4n) is 1.75. The van der Waals surface area contributed by atoms with Crippen molar-refractivity contribution in [3.05, 3.63) is 63.9 Å². The monoisotopic (exact) mass is 277 g/mol. The minimum Gasteiger partial charge on any atom is -0.322 e. The molecule has 1 N–H and O–H groups in total. The number of hydrogen-bond donors (Lipinski definition) is 1. The molecule has 98 valence electrons. The van der Waals surface area contributed by atoms with Gasteiger partial charge < -0.3 is 5.32 Å². The summed E-state index contributed by atoms with van der Waals surface area (Å²) >= 11 is 5.77. The third-order valence-electron chi connectivity index (χ3n) is 3.03. The van der Waals surface area contributed by atoms with Crippen LogP contribution in [0.1, 0.15) is 21.5 Å². The minimum atomic E-state index is -0.591. The molecule has 0 fully saturated rings. The van der Waals surface area contributed by atoms with E-state index in [1.807, 2.05) is 26.0 Å². The van der Waals surface area contributed by atoms with Crippen LogP contribution in [0.15, 0.2) is 36.4 Å². The molecule has 0 saturated carbocycles. The molecule has 0 bridgehead atoms. The first-order chi connectivity index (χ1) is 8.99. The Hall–Kier alpha value is -1.87. The zero-order chi connectivity index (χ0) is 14.0. The van der Waals surface area contributed by atoms with E-state index in [0.29, 0.717) is 10.7 Å². The quantitative estimate of drug-likeness (QED) is 0.869. The molecule has 0 aliphatic heterocycles. The van der Waals surface area contributed by atoms with Gasteiger partial charge in [0, 0.05) is 10.7 Å². The van der Waals surface area contributed by atoms with Crippen molar-refractivity contribution < 1.29 is 9.18 Å². The van der Waals surface area contributed by atoms with Gasteiger partial charge in [-0.1, -0.05) is 23.7 Å². The van der Waals surface area contributed by atoms with Crippen molar-refractivity contribution in [2.24, 2.45) is 0 Å². The van der Waals surface area contributed by atoms with Gasteiger partial charge in [0.2, 0.25) is 0 Å². The molecule has 19 heavy (non-hydrogen) atoms. The zero-order valence-corrected chi connectivity index (χ0v) is 11.4. The van der Waals surface area contributed by atoms with E-state index in [2.05, 4.69) is 5.32 Å². The summed E-state index contributed by atoms with van der Waals surface area (Å²) in [5.41, 5.74) is 2.63. The molecule has 2 aromatic rings. The van der Waals surface area contributed by atoms with Crippen LogP contribution in [-0.2, 0) is 0 Å². The lowest BCUT2D eigenvalue weighted by atomic mass is 10.1. The van der Waals surface area contributed by atoms with Crippen LogP contribution in [0.2, 0.25) is 5.02 Å². The highest BCUT2D eigenvalue weighted by atomic mass is 35.5. The lowest BCUT2D eigenvalue weighted by Gasteiger charge is -2.11. The highest BCUT2D eigenvalue weighted by Crippen LogP contribution is 2.20. The largest absolute Gasteiger partial charge is 0.322 e. The maximum atomic E-state index is 13.6. The fraction of sp³-hybridized carbons (Fsp3) is 0.133. The number of nitrogens with one attached hydrogen (secondary N) is 1. The normalized spacial score (nSPS) is 10.3. The molecular formula is C15H13ClFNO. The zero-order valence-electron chi connectivity index (χ0n) is 10.6. The molecule has 0 atom stereocenters. The van der Waals surface area contributed by atoms with Crippen molar-refractivity contribution in [2.45, 2.75) is 13.8 Å². The number of halogens is 2. The molecular weight excluding hydrogens is 265 g/mol. The van der Waals surface area contributed by atoms with Crippen LogP contribution in [0.5, 0.6) is 0 Å². The van der Waals surface area contributed by atoms with Crippen LogP contribution in [-0.4, -0.2) is 5.91 Å². The highest BCUT2D eigenvalue weighted by Gasteiger charge is 2.13. The predicted molar refractivity (Wildman–Crippen MR) is 75.3 cm³/mol. The van der Waals surface area contributed by atoms with E-state index in [1.54, 1.807) is 6.07 Å². The Morgan fingerprint density at radius 1 is 1.21 bits per heavy atom. The molecule has 0 heterocycles. The molecule has 0 aliphatic rings. The average Bonchev–Trinajstić information content (AvgIpc) is 2.38. The van der Waals surface area contributed by atoms with Crippen molar-refractivity contribution >= 4 is 23.2 Å². The summed E-state index contributed by atoms with van der Waals surface area (Å²) in [6, 6.07) is 9.48. The molecule has 2 nitrogen and oxygen atoms in total. The number of rotatable bonds is 2. The van der Waals surface area contributed by atoms with Gasteiger partial charge in [-0.2, -0.15) is 0 Å². The molecule has 2 aromatic carbocycles. The third-order valence-corrected chi connectivity index (χ3v) is 3.26. The first-order valence-corrected chi connectivity index (χ1v) is 6.19. The van der Waals surface area contributed by atoms with Gasteiger partial charge in [0.1, 0.15) is 5.82 Å².